The first kappa shape index (κ1) is 6.08. The molecular formula is C5H8BrNO. The summed E-state index contributed by atoms with van der Waals surface area (Å²) in [5.74, 6) is 0.905. The molecule has 3 heteroatoms. The zero-order chi connectivity index (χ0) is 5.82. The maximum atomic E-state index is 5.11. The Morgan fingerprint density at radius 2 is 2.62 bits per heavy atom. The van der Waals surface area contributed by atoms with E-state index in [2.05, 4.69) is 20.9 Å². The number of nitrogens with zero attached hydrogens (tertiary/aromatic N) is 1. The van der Waals surface area contributed by atoms with Crippen molar-refractivity contribution in [2.75, 3.05) is 18.5 Å². The Hall–Kier alpha value is -0.0500. The van der Waals surface area contributed by atoms with Crippen molar-refractivity contribution in [2.24, 2.45) is 4.99 Å². The molecule has 1 aliphatic rings. The zero-order valence-corrected chi connectivity index (χ0v) is 6.15. The van der Waals surface area contributed by atoms with Gasteiger partial charge in [0, 0.05) is 11.8 Å². The Labute approximate surface area is 57.1 Å². The predicted molar refractivity (Wildman–Crippen MR) is 36.7 cm³/mol. The largest absolute Gasteiger partial charge is 0.479 e. The molecule has 46 valence electrons. The Balaban J connectivity index is 2.23. The lowest BCUT2D eigenvalue weighted by atomic mass is 10.5. The minimum Gasteiger partial charge on any atom is -0.479 e. The topological polar surface area (TPSA) is 21.6 Å². The highest BCUT2D eigenvalue weighted by molar-refractivity contribution is 9.09. The lowest BCUT2D eigenvalue weighted by Gasteiger charge is -1.94. The van der Waals surface area contributed by atoms with Gasteiger partial charge in [0.25, 0.3) is 0 Å². The second-order valence-corrected chi connectivity index (χ2v) is 2.36. The third kappa shape index (κ3) is 1.47. The molecule has 2 nitrogen and oxygen atoms in total. The monoisotopic (exact) mass is 177 g/mol. The molecule has 0 spiro atoms. The molecule has 0 aromatic carbocycles. The molecule has 1 rings (SSSR count). The molecule has 0 atom stereocenters. The molecule has 0 aromatic heterocycles. The van der Waals surface area contributed by atoms with Crippen molar-refractivity contribution in [3.8, 4) is 0 Å². The van der Waals surface area contributed by atoms with Gasteiger partial charge in [0.05, 0.1) is 6.54 Å². The first-order chi connectivity index (χ1) is 3.93. The van der Waals surface area contributed by atoms with E-state index >= 15 is 0 Å². The molecule has 0 saturated carbocycles. The number of hydrogen-bond acceptors (Lipinski definition) is 2. The number of halogens is 1. The number of rotatable bonds is 2. The van der Waals surface area contributed by atoms with E-state index in [-0.39, 0.29) is 0 Å². The lowest BCUT2D eigenvalue weighted by molar-refractivity contribution is 0.340. The van der Waals surface area contributed by atoms with E-state index in [9.17, 15) is 0 Å². The molecule has 0 radical (unpaired) electrons. The van der Waals surface area contributed by atoms with E-state index in [1.54, 1.807) is 0 Å². The minimum absolute atomic E-state index is 0.780. The Morgan fingerprint density at radius 3 is 3.12 bits per heavy atom. The van der Waals surface area contributed by atoms with E-state index in [0.717, 1.165) is 30.8 Å². The second-order valence-electron chi connectivity index (χ2n) is 1.56. The van der Waals surface area contributed by atoms with Gasteiger partial charge in [0.1, 0.15) is 6.61 Å². The normalized spacial score (nSPS) is 17.9. The van der Waals surface area contributed by atoms with Gasteiger partial charge in [0.2, 0.25) is 0 Å². The number of alkyl halides is 1. The van der Waals surface area contributed by atoms with E-state index < -0.39 is 0 Å². The van der Waals surface area contributed by atoms with Crippen LogP contribution in [0, 0.1) is 0 Å². The summed E-state index contributed by atoms with van der Waals surface area (Å²) in [6, 6.07) is 0. The first-order valence-corrected chi connectivity index (χ1v) is 3.77. The van der Waals surface area contributed by atoms with Gasteiger partial charge in [-0.1, -0.05) is 15.9 Å². The van der Waals surface area contributed by atoms with Crippen LogP contribution in [0.2, 0.25) is 0 Å². The summed E-state index contributed by atoms with van der Waals surface area (Å²) in [4.78, 5) is 4.09. The van der Waals surface area contributed by atoms with Crippen molar-refractivity contribution in [2.45, 2.75) is 6.42 Å². The van der Waals surface area contributed by atoms with E-state index in [1.807, 2.05) is 0 Å². The van der Waals surface area contributed by atoms with Gasteiger partial charge < -0.3 is 4.74 Å². The van der Waals surface area contributed by atoms with Crippen LogP contribution in [0.5, 0.6) is 0 Å². The molecule has 0 aliphatic carbocycles. The van der Waals surface area contributed by atoms with Crippen molar-refractivity contribution >= 4 is 21.8 Å². The van der Waals surface area contributed by atoms with Crippen molar-refractivity contribution in [1.29, 1.82) is 0 Å². The van der Waals surface area contributed by atoms with E-state index in [4.69, 9.17) is 4.74 Å². The van der Waals surface area contributed by atoms with E-state index in [1.165, 1.54) is 0 Å². The summed E-state index contributed by atoms with van der Waals surface area (Å²) in [7, 11) is 0. The third-order valence-electron chi connectivity index (χ3n) is 0.956. The number of hydrogen-bond donors (Lipinski definition) is 0. The highest BCUT2D eigenvalue weighted by atomic mass is 79.9. The first-order valence-electron chi connectivity index (χ1n) is 2.65. The van der Waals surface area contributed by atoms with Crippen LogP contribution in [0.1, 0.15) is 6.42 Å². The molecule has 0 saturated heterocycles. The summed E-state index contributed by atoms with van der Waals surface area (Å²) in [6.07, 6.45) is 0.931. The van der Waals surface area contributed by atoms with Crippen molar-refractivity contribution in [1.82, 2.24) is 0 Å². The summed E-state index contributed by atoms with van der Waals surface area (Å²) in [6.45, 7) is 1.63. The maximum Gasteiger partial charge on any atom is 0.184 e. The van der Waals surface area contributed by atoms with Crippen LogP contribution in [-0.4, -0.2) is 24.4 Å². The van der Waals surface area contributed by atoms with Crippen LogP contribution >= 0.6 is 15.9 Å². The lowest BCUT2D eigenvalue weighted by Crippen LogP contribution is -1.98. The molecule has 0 bridgehead atoms. The maximum absolute atomic E-state index is 5.11. The van der Waals surface area contributed by atoms with Crippen LogP contribution in [0.4, 0.5) is 0 Å². The molecule has 0 N–H and O–H groups in total. The van der Waals surface area contributed by atoms with Gasteiger partial charge >= 0.3 is 0 Å². The zero-order valence-electron chi connectivity index (χ0n) is 4.56. The van der Waals surface area contributed by atoms with E-state index in [0.29, 0.717) is 0 Å². The number of aliphatic imine (C=N–C) groups is 1. The molecule has 1 aliphatic heterocycles. The van der Waals surface area contributed by atoms with Crippen LogP contribution in [0.25, 0.3) is 0 Å². The minimum atomic E-state index is 0.780. The van der Waals surface area contributed by atoms with Crippen molar-refractivity contribution < 1.29 is 4.74 Å². The summed E-state index contributed by atoms with van der Waals surface area (Å²) in [5.41, 5.74) is 0. The molecule has 0 amide bonds. The fourth-order valence-corrected chi connectivity index (χ4v) is 0.951. The molecule has 0 unspecified atom stereocenters. The standard InChI is InChI=1S/C5H8BrNO/c6-2-1-5-7-3-4-8-5/h1-4H2. The Morgan fingerprint density at radius 1 is 1.75 bits per heavy atom. The van der Waals surface area contributed by atoms with Gasteiger partial charge in [-0.15, -0.1) is 0 Å². The van der Waals surface area contributed by atoms with Gasteiger partial charge in [-0.2, -0.15) is 0 Å². The summed E-state index contributed by atoms with van der Waals surface area (Å²) < 4.78 is 5.11. The van der Waals surface area contributed by atoms with Crippen LogP contribution in [0.3, 0.4) is 0 Å². The fourth-order valence-electron chi connectivity index (χ4n) is 0.612. The molecular weight excluding hydrogens is 170 g/mol. The van der Waals surface area contributed by atoms with Gasteiger partial charge in [-0.3, -0.25) is 4.99 Å². The highest BCUT2D eigenvalue weighted by Gasteiger charge is 2.03. The molecule has 8 heavy (non-hydrogen) atoms. The Kier molecular flexibility index (Phi) is 2.33. The van der Waals surface area contributed by atoms with Gasteiger partial charge in [-0.05, 0) is 0 Å². The summed E-state index contributed by atoms with van der Waals surface area (Å²) >= 11 is 3.30. The molecule has 1 heterocycles. The highest BCUT2D eigenvalue weighted by Crippen LogP contribution is 1.99. The average molecular weight is 178 g/mol. The van der Waals surface area contributed by atoms with Crippen molar-refractivity contribution in [3.63, 3.8) is 0 Å². The SMILES string of the molecule is BrCCC1=NCCO1. The smallest absolute Gasteiger partial charge is 0.184 e. The van der Waals surface area contributed by atoms with Crippen LogP contribution in [-0.2, 0) is 4.74 Å². The van der Waals surface area contributed by atoms with Crippen LogP contribution < -0.4 is 0 Å². The van der Waals surface area contributed by atoms with Gasteiger partial charge in [-0.25, -0.2) is 0 Å². The average Bonchev–Trinajstić information content (AvgIpc) is 2.19. The summed E-state index contributed by atoms with van der Waals surface area (Å²) in [5, 5.41) is 0.950. The number of ether oxygens (including phenoxy) is 1. The predicted octanol–water partition coefficient (Wildman–Crippen LogP) is 1.20. The van der Waals surface area contributed by atoms with Crippen molar-refractivity contribution in [3.05, 3.63) is 0 Å². The molecule has 0 fully saturated rings. The second kappa shape index (κ2) is 3.07. The fraction of sp³-hybridized carbons (Fsp3) is 0.800. The third-order valence-corrected chi connectivity index (χ3v) is 1.35. The molecule has 0 aromatic rings. The quantitative estimate of drug-likeness (QED) is 0.582. The Bertz CT molecular complexity index is 103. The van der Waals surface area contributed by atoms with Gasteiger partial charge in [0.15, 0.2) is 5.90 Å². The van der Waals surface area contributed by atoms with Crippen LogP contribution in [0.15, 0.2) is 4.99 Å².